The number of amides is 1. The molecule has 3 N–H and O–H groups in total. The van der Waals surface area contributed by atoms with Crippen molar-refractivity contribution in [3.63, 3.8) is 0 Å². The van der Waals surface area contributed by atoms with Crippen LogP contribution >= 0.6 is 27.5 Å². The SMILES string of the molecule is COc1nc(Nc2cc(C)ccc2OC2CCNC2)ncc1C(=O)Nc1c(Cl)cccc1Br. The number of aryl methyl sites for hydroxylation is 1. The summed E-state index contributed by atoms with van der Waals surface area (Å²) in [6.45, 7) is 3.74. The van der Waals surface area contributed by atoms with Crippen LogP contribution in [0.25, 0.3) is 0 Å². The summed E-state index contributed by atoms with van der Waals surface area (Å²) in [5.41, 5.74) is 2.42. The Labute approximate surface area is 205 Å². The third-order valence-electron chi connectivity index (χ3n) is 5.08. The molecular weight excluding hydrogens is 510 g/mol. The number of nitrogens with zero attached hydrogens (tertiary/aromatic N) is 2. The van der Waals surface area contributed by atoms with E-state index in [9.17, 15) is 4.79 Å². The molecule has 10 heteroatoms. The normalized spacial score (nSPS) is 15.2. The van der Waals surface area contributed by atoms with E-state index in [2.05, 4.69) is 41.8 Å². The number of methoxy groups -OCH3 is 1. The quantitative estimate of drug-likeness (QED) is 0.396. The predicted octanol–water partition coefficient (Wildman–Crippen LogP) is 4.95. The largest absolute Gasteiger partial charge is 0.487 e. The van der Waals surface area contributed by atoms with Gasteiger partial charge in [0.1, 0.15) is 17.4 Å². The number of para-hydroxylation sites is 1. The fraction of sp³-hybridized carbons (Fsp3) is 0.261. The molecule has 1 aliphatic rings. The molecule has 3 aromatic rings. The molecule has 2 aromatic carbocycles. The van der Waals surface area contributed by atoms with Gasteiger partial charge in [-0.3, -0.25) is 4.79 Å². The standard InChI is InChI=1S/C23H23BrClN5O3/c1-13-6-7-19(33-14-8-9-26-11-14)18(10-13)28-23-27-12-15(22(30-23)32-2)21(31)29-20-16(24)4-3-5-17(20)25/h3-7,10,12,14,26H,8-9,11H2,1-2H3,(H,29,31)(H,27,28,30). The molecule has 1 aliphatic heterocycles. The van der Waals surface area contributed by atoms with Gasteiger partial charge in [-0.25, -0.2) is 4.98 Å². The van der Waals surface area contributed by atoms with Gasteiger partial charge in [0.05, 0.1) is 23.5 Å². The summed E-state index contributed by atoms with van der Waals surface area (Å²) < 4.78 is 12.2. The Balaban J connectivity index is 1.56. The lowest BCUT2D eigenvalue weighted by atomic mass is 10.2. The van der Waals surface area contributed by atoms with Crippen LogP contribution in [0.1, 0.15) is 22.3 Å². The van der Waals surface area contributed by atoms with E-state index < -0.39 is 5.91 Å². The summed E-state index contributed by atoms with van der Waals surface area (Å²) >= 11 is 9.59. The van der Waals surface area contributed by atoms with Crippen LogP contribution in [-0.4, -0.2) is 42.2 Å². The Bertz CT molecular complexity index is 1150. The highest BCUT2D eigenvalue weighted by Gasteiger charge is 2.20. The first-order valence-electron chi connectivity index (χ1n) is 10.4. The monoisotopic (exact) mass is 531 g/mol. The molecule has 0 radical (unpaired) electrons. The van der Waals surface area contributed by atoms with Gasteiger partial charge >= 0.3 is 0 Å². The molecule has 8 nitrogen and oxygen atoms in total. The molecule has 0 spiro atoms. The summed E-state index contributed by atoms with van der Waals surface area (Å²) in [6.07, 6.45) is 2.47. The molecule has 2 heterocycles. The van der Waals surface area contributed by atoms with Crippen molar-refractivity contribution in [2.45, 2.75) is 19.4 Å². The smallest absolute Gasteiger partial charge is 0.262 e. The minimum Gasteiger partial charge on any atom is -0.487 e. The van der Waals surface area contributed by atoms with E-state index in [1.165, 1.54) is 13.3 Å². The molecule has 1 amide bonds. The highest BCUT2D eigenvalue weighted by atomic mass is 79.9. The molecule has 4 rings (SSSR count). The molecule has 0 aliphatic carbocycles. The van der Waals surface area contributed by atoms with Gasteiger partial charge in [-0.2, -0.15) is 4.98 Å². The van der Waals surface area contributed by atoms with Gasteiger partial charge in [0, 0.05) is 17.2 Å². The van der Waals surface area contributed by atoms with E-state index in [4.69, 9.17) is 21.1 Å². The summed E-state index contributed by atoms with van der Waals surface area (Å²) in [5, 5.41) is 9.66. The lowest BCUT2D eigenvalue weighted by molar-refractivity contribution is 0.102. The van der Waals surface area contributed by atoms with Crippen LogP contribution in [0.2, 0.25) is 5.02 Å². The second-order valence-corrected chi connectivity index (χ2v) is 8.79. The van der Waals surface area contributed by atoms with E-state index in [-0.39, 0.29) is 23.5 Å². The van der Waals surface area contributed by atoms with Gasteiger partial charge in [-0.05, 0) is 65.6 Å². The van der Waals surface area contributed by atoms with Crippen molar-refractivity contribution in [2.24, 2.45) is 0 Å². The van der Waals surface area contributed by atoms with E-state index >= 15 is 0 Å². The van der Waals surface area contributed by atoms with Crippen molar-refractivity contribution in [3.8, 4) is 11.6 Å². The van der Waals surface area contributed by atoms with Crippen LogP contribution in [0, 0.1) is 6.92 Å². The summed E-state index contributed by atoms with van der Waals surface area (Å²) in [5.74, 6) is 0.674. The second kappa shape index (κ2) is 10.4. The average Bonchev–Trinajstić information content (AvgIpc) is 3.31. The van der Waals surface area contributed by atoms with E-state index in [0.717, 1.165) is 30.8 Å². The van der Waals surface area contributed by atoms with Gasteiger partial charge in [0.25, 0.3) is 5.91 Å². The minimum atomic E-state index is -0.444. The van der Waals surface area contributed by atoms with Crippen molar-refractivity contribution in [2.75, 3.05) is 30.8 Å². The van der Waals surface area contributed by atoms with Crippen LogP contribution in [0.3, 0.4) is 0 Å². The van der Waals surface area contributed by atoms with Crippen molar-refractivity contribution in [1.82, 2.24) is 15.3 Å². The maximum absolute atomic E-state index is 12.9. The number of hydrogen-bond donors (Lipinski definition) is 3. The zero-order valence-electron chi connectivity index (χ0n) is 18.1. The van der Waals surface area contributed by atoms with Crippen molar-refractivity contribution in [3.05, 3.63) is 63.2 Å². The Morgan fingerprint density at radius 1 is 1.30 bits per heavy atom. The molecule has 0 bridgehead atoms. The van der Waals surface area contributed by atoms with Gasteiger partial charge in [0.15, 0.2) is 0 Å². The number of aromatic nitrogens is 2. The van der Waals surface area contributed by atoms with E-state index in [0.29, 0.717) is 20.9 Å². The van der Waals surface area contributed by atoms with Crippen LogP contribution in [-0.2, 0) is 0 Å². The third kappa shape index (κ3) is 5.55. The van der Waals surface area contributed by atoms with Crippen molar-refractivity contribution in [1.29, 1.82) is 0 Å². The Kier molecular flexibility index (Phi) is 7.32. The molecular formula is C23H23BrClN5O3. The molecule has 33 heavy (non-hydrogen) atoms. The Morgan fingerprint density at radius 2 is 2.15 bits per heavy atom. The van der Waals surface area contributed by atoms with Crippen LogP contribution in [0.5, 0.6) is 11.6 Å². The number of benzene rings is 2. The maximum Gasteiger partial charge on any atom is 0.262 e. The number of halogens is 2. The number of ether oxygens (including phenoxy) is 2. The first-order chi connectivity index (χ1) is 15.9. The number of rotatable bonds is 7. The third-order valence-corrected chi connectivity index (χ3v) is 6.06. The van der Waals surface area contributed by atoms with Gasteiger partial charge in [-0.15, -0.1) is 0 Å². The summed E-state index contributed by atoms with van der Waals surface area (Å²) in [6, 6.07) is 11.1. The summed E-state index contributed by atoms with van der Waals surface area (Å²) in [7, 11) is 1.45. The van der Waals surface area contributed by atoms with E-state index in [1.807, 2.05) is 25.1 Å². The molecule has 1 fully saturated rings. The lowest BCUT2D eigenvalue weighted by Gasteiger charge is -2.17. The first-order valence-corrected chi connectivity index (χ1v) is 11.5. The number of hydrogen-bond acceptors (Lipinski definition) is 7. The molecule has 1 atom stereocenters. The van der Waals surface area contributed by atoms with Crippen molar-refractivity contribution >= 4 is 50.8 Å². The van der Waals surface area contributed by atoms with Gasteiger partial charge < -0.3 is 25.4 Å². The molecule has 0 saturated carbocycles. The highest BCUT2D eigenvalue weighted by molar-refractivity contribution is 9.10. The zero-order valence-corrected chi connectivity index (χ0v) is 20.5. The van der Waals surface area contributed by atoms with Crippen LogP contribution in [0.15, 0.2) is 47.1 Å². The maximum atomic E-state index is 12.9. The Morgan fingerprint density at radius 3 is 2.88 bits per heavy atom. The average molecular weight is 533 g/mol. The lowest BCUT2D eigenvalue weighted by Crippen LogP contribution is -2.20. The van der Waals surface area contributed by atoms with Crippen molar-refractivity contribution < 1.29 is 14.3 Å². The minimum absolute atomic E-state index is 0.110. The Hall–Kier alpha value is -2.88. The van der Waals surface area contributed by atoms with E-state index in [1.54, 1.807) is 18.2 Å². The number of anilines is 3. The fourth-order valence-electron chi connectivity index (χ4n) is 3.41. The first kappa shape index (κ1) is 23.3. The molecule has 172 valence electrons. The zero-order chi connectivity index (χ0) is 23.4. The second-order valence-electron chi connectivity index (χ2n) is 7.52. The van der Waals surface area contributed by atoms with Crippen LogP contribution < -0.4 is 25.4 Å². The van der Waals surface area contributed by atoms with Gasteiger partial charge in [-0.1, -0.05) is 23.7 Å². The fourth-order valence-corrected chi connectivity index (χ4v) is 4.21. The topological polar surface area (TPSA) is 97.4 Å². The summed E-state index contributed by atoms with van der Waals surface area (Å²) in [4.78, 5) is 21.6. The number of nitrogens with one attached hydrogen (secondary N) is 3. The predicted molar refractivity (Wildman–Crippen MR) is 132 cm³/mol. The molecule has 1 aromatic heterocycles. The number of carbonyl (C=O) groups excluding carboxylic acids is 1. The molecule has 1 saturated heterocycles. The highest BCUT2D eigenvalue weighted by Crippen LogP contribution is 2.32. The molecule has 1 unspecified atom stereocenters. The van der Waals surface area contributed by atoms with Crippen LogP contribution in [0.4, 0.5) is 17.3 Å². The van der Waals surface area contributed by atoms with Gasteiger partial charge in [0.2, 0.25) is 11.8 Å². The number of carbonyl (C=O) groups is 1.